The summed E-state index contributed by atoms with van der Waals surface area (Å²) in [5, 5.41) is 9.50. The zero-order valence-electron chi connectivity index (χ0n) is 11.5. The number of ether oxygens (including phenoxy) is 2. The Labute approximate surface area is 117 Å². The first kappa shape index (κ1) is 14.9. The maximum Gasteiger partial charge on any atom is 0.133 e. The van der Waals surface area contributed by atoms with Crippen molar-refractivity contribution in [1.29, 1.82) is 0 Å². The molecule has 0 aromatic heterocycles. The molecule has 1 aliphatic rings. The number of benzene rings is 1. The number of methoxy groups -OCH3 is 1. The van der Waals surface area contributed by atoms with E-state index in [9.17, 15) is 14.3 Å². The molecule has 1 aromatic rings. The van der Waals surface area contributed by atoms with Gasteiger partial charge in [-0.2, -0.15) is 0 Å². The monoisotopic (exact) mass is 282 g/mol. The topological polar surface area (TPSA) is 55.8 Å². The van der Waals surface area contributed by atoms with Gasteiger partial charge in [0.05, 0.1) is 19.8 Å². The van der Waals surface area contributed by atoms with Gasteiger partial charge in [-0.25, -0.2) is 4.39 Å². The highest BCUT2D eigenvalue weighted by atomic mass is 19.1. The molecule has 1 aromatic carbocycles. The maximum absolute atomic E-state index is 13.4. The number of Topliss-reactive ketones (excluding diaryl/α,β-unsaturated/α-hetero) is 1. The highest BCUT2D eigenvalue weighted by Crippen LogP contribution is 2.31. The van der Waals surface area contributed by atoms with E-state index in [0.717, 1.165) is 0 Å². The summed E-state index contributed by atoms with van der Waals surface area (Å²) in [6.07, 6.45) is 1.57. The first-order valence-corrected chi connectivity index (χ1v) is 6.75. The van der Waals surface area contributed by atoms with Crippen LogP contribution in [0.4, 0.5) is 4.39 Å². The second-order valence-corrected chi connectivity index (χ2v) is 4.93. The summed E-state index contributed by atoms with van der Waals surface area (Å²) >= 11 is 0. The second kappa shape index (κ2) is 6.81. The number of halogens is 1. The minimum atomic E-state index is -0.640. The van der Waals surface area contributed by atoms with Gasteiger partial charge in [-0.05, 0) is 31.0 Å². The van der Waals surface area contributed by atoms with Crippen molar-refractivity contribution in [3.8, 4) is 5.75 Å². The van der Waals surface area contributed by atoms with Crippen LogP contribution in [-0.2, 0) is 9.53 Å². The zero-order valence-corrected chi connectivity index (χ0v) is 11.5. The van der Waals surface area contributed by atoms with Crippen LogP contribution in [0.5, 0.6) is 5.75 Å². The number of carbonyl (C=O) groups is 1. The van der Waals surface area contributed by atoms with E-state index in [1.807, 2.05) is 0 Å². The molecule has 2 rings (SSSR count). The molecule has 1 atom stereocenters. The third-order valence-electron chi connectivity index (χ3n) is 3.55. The maximum atomic E-state index is 13.4. The van der Waals surface area contributed by atoms with Gasteiger partial charge < -0.3 is 14.6 Å². The molecular weight excluding hydrogens is 263 g/mol. The van der Waals surface area contributed by atoms with Crippen molar-refractivity contribution in [2.75, 3.05) is 13.7 Å². The number of ketones is 1. The normalized spacial score (nSPS) is 18.1. The van der Waals surface area contributed by atoms with E-state index < -0.39 is 11.9 Å². The number of hydrogen-bond acceptors (Lipinski definition) is 4. The van der Waals surface area contributed by atoms with Gasteiger partial charge in [-0.15, -0.1) is 0 Å². The minimum Gasteiger partial charge on any atom is -0.496 e. The summed E-state index contributed by atoms with van der Waals surface area (Å²) < 4.78 is 24.4. The Bertz CT molecular complexity index is 465. The molecule has 0 heterocycles. The molecular formula is C15H19FO4. The second-order valence-electron chi connectivity index (χ2n) is 4.93. The Hall–Kier alpha value is -1.46. The fourth-order valence-electron chi connectivity index (χ4n) is 2.45. The van der Waals surface area contributed by atoms with Crippen LogP contribution in [0.2, 0.25) is 0 Å². The van der Waals surface area contributed by atoms with E-state index >= 15 is 0 Å². The van der Waals surface area contributed by atoms with E-state index in [0.29, 0.717) is 37.0 Å². The van der Waals surface area contributed by atoms with Crippen molar-refractivity contribution in [2.24, 2.45) is 0 Å². The van der Waals surface area contributed by atoms with Gasteiger partial charge in [0.1, 0.15) is 23.5 Å². The first-order valence-electron chi connectivity index (χ1n) is 6.75. The Morgan fingerprint density at radius 2 is 2.10 bits per heavy atom. The lowest BCUT2D eigenvalue weighted by atomic mass is 9.96. The molecule has 0 spiro atoms. The van der Waals surface area contributed by atoms with Crippen LogP contribution in [0.25, 0.3) is 0 Å². The molecule has 5 heteroatoms. The lowest BCUT2D eigenvalue weighted by molar-refractivity contribution is -0.125. The molecule has 1 aliphatic carbocycles. The summed E-state index contributed by atoms with van der Waals surface area (Å²) in [5.41, 5.74) is 0.492. The highest BCUT2D eigenvalue weighted by molar-refractivity contribution is 5.79. The van der Waals surface area contributed by atoms with E-state index in [-0.39, 0.29) is 18.5 Å². The molecule has 1 saturated carbocycles. The standard InChI is InChI=1S/C15H19FO4/c1-19-14-7-2-10(16)8-13(14)15(9-17)20-12-5-3-11(18)4-6-12/h2,7-8,12,15,17H,3-6,9H2,1H3/t15-/m0/s1. The smallest absolute Gasteiger partial charge is 0.133 e. The van der Waals surface area contributed by atoms with Crippen molar-refractivity contribution < 1.29 is 23.8 Å². The number of aliphatic hydroxyl groups excluding tert-OH is 1. The Morgan fingerprint density at radius 1 is 1.40 bits per heavy atom. The van der Waals surface area contributed by atoms with Gasteiger partial charge in [0, 0.05) is 18.4 Å². The average molecular weight is 282 g/mol. The van der Waals surface area contributed by atoms with Crippen LogP contribution in [0.3, 0.4) is 0 Å². The fraction of sp³-hybridized carbons (Fsp3) is 0.533. The Balaban J connectivity index is 2.11. The van der Waals surface area contributed by atoms with E-state index in [1.165, 1.54) is 25.3 Å². The van der Waals surface area contributed by atoms with Gasteiger partial charge in [-0.3, -0.25) is 4.79 Å². The van der Waals surface area contributed by atoms with Crippen molar-refractivity contribution in [2.45, 2.75) is 37.9 Å². The number of rotatable bonds is 5. The van der Waals surface area contributed by atoms with Crippen molar-refractivity contribution in [1.82, 2.24) is 0 Å². The third kappa shape index (κ3) is 3.55. The predicted molar refractivity (Wildman–Crippen MR) is 71.1 cm³/mol. The third-order valence-corrected chi connectivity index (χ3v) is 3.55. The predicted octanol–water partition coefficient (Wildman–Crippen LogP) is 2.40. The lowest BCUT2D eigenvalue weighted by Crippen LogP contribution is -2.25. The largest absolute Gasteiger partial charge is 0.496 e. The molecule has 0 amide bonds. The summed E-state index contributed by atoms with van der Waals surface area (Å²) in [5.74, 6) is 0.327. The van der Waals surface area contributed by atoms with Crippen LogP contribution >= 0.6 is 0 Å². The Kier molecular flexibility index (Phi) is 5.09. The van der Waals surface area contributed by atoms with E-state index in [4.69, 9.17) is 9.47 Å². The van der Waals surface area contributed by atoms with Crippen LogP contribution in [-0.4, -0.2) is 30.7 Å². The molecule has 0 aliphatic heterocycles. The van der Waals surface area contributed by atoms with Crippen LogP contribution in [0, 0.1) is 5.82 Å². The van der Waals surface area contributed by atoms with Crippen molar-refractivity contribution >= 4 is 5.78 Å². The van der Waals surface area contributed by atoms with Crippen LogP contribution in [0.1, 0.15) is 37.4 Å². The van der Waals surface area contributed by atoms with Gasteiger partial charge in [0.15, 0.2) is 0 Å². The number of aliphatic hydroxyl groups is 1. The number of carbonyl (C=O) groups excluding carboxylic acids is 1. The molecule has 4 nitrogen and oxygen atoms in total. The van der Waals surface area contributed by atoms with Crippen molar-refractivity contribution in [3.05, 3.63) is 29.6 Å². The SMILES string of the molecule is COc1ccc(F)cc1[C@H](CO)OC1CCC(=O)CC1. The van der Waals surface area contributed by atoms with Gasteiger partial charge in [-0.1, -0.05) is 0 Å². The lowest BCUT2D eigenvalue weighted by Gasteiger charge is -2.27. The number of hydrogen-bond donors (Lipinski definition) is 1. The van der Waals surface area contributed by atoms with Gasteiger partial charge in [0.25, 0.3) is 0 Å². The molecule has 0 unspecified atom stereocenters. The summed E-state index contributed by atoms with van der Waals surface area (Å²) in [7, 11) is 1.49. The van der Waals surface area contributed by atoms with Crippen LogP contribution in [0.15, 0.2) is 18.2 Å². The summed E-state index contributed by atoms with van der Waals surface area (Å²) in [6.45, 7) is -0.260. The van der Waals surface area contributed by atoms with Gasteiger partial charge in [0.2, 0.25) is 0 Å². The Morgan fingerprint density at radius 3 is 2.70 bits per heavy atom. The molecule has 20 heavy (non-hydrogen) atoms. The van der Waals surface area contributed by atoms with E-state index in [1.54, 1.807) is 0 Å². The molecule has 1 N–H and O–H groups in total. The quantitative estimate of drug-likeness (QED) is 0.901. The molecule has 0 bridgehead atoms. The molecule has 1 fully saturated rings. The fourth-order valence-corrected chi connectivity index (χ4v) is 2.45. The molecule has 110 valence electrons. The molecule has 0 saturated heterocycles. The zero-order chi connectivity index (χ0) is 14.5. The minimum absolute atomic E-state index is 0.0853. The first-order chi connectivity index (χ1) is 9.63. The van der Waals surface area contributed by atoms with Gasteiger partial charge >= 0.3 is 0 Å². The molecule has 0 radical (unpaired) electrons. The average Bonchev–Trinajstić information content (AvgIpc) is 2.46. The highest BCUT2D eigenvalue weighted by Gasteiger charge is 2.25. The summed E-state index contributed by atoms with van der Waals surface area (Å²) in [4.78, 5) is 11.2. The van der Waals surface area contributed by atoms with E-state index in [2.05, 4.69) is 0 Å². The van der Waals surface area contributed by atoms with Crippen LogP contribution < -0.4 is 4.74 Å². The van der Waals surface area contributed by atoms with Crippen molar-refractivity contribution in [3.63, 3.8) is 0 Å². The summed E-state index contributed by atoms with van der Waals surface area (Å²) in [6, 6.07) is 4.13.